The van der Waals surface area contributed by atoms with Crippen LogP contribution in [0.5, 0.6) is 5.75 Å². The lowest BCUT2D eigenvalue weighted by Crippen LogP contribution is -2.18. The summed E-state index contributed by atoms with van der Waals surface area (Å²) in [5, 5.41) is 2.88. The number of carbonyl (C=O) groups excluding carboxylic acids is 1. The standard InChI is InChI=1S/C15H21NO2S/c17-15-8-5-12-11-13(6-7-14(12)16-15)18-9-3-1-2-4-10-19/h6-7,11,19H,1-5,8-10H2,(H,16,17). The monoisotopic (exact) mass is 279 g/mol. The van der Waals surface area contributed by atoms with Crippen LogP contribution in [0, 0.1) is 0 Å². The molecule has 4 heteroatoms. The second kappa shape index (κ2) is 7.43. The molecule has 1 N–H and O–H groups in total. The molecule has 1 aromatic carbocycles. The number of anilines is 1. The molecule has 0 radical (unpaired) electrons. The largest absolute Gasteiger partial charge is 0.494 e. The van der Waals surface area contributed by atoms with Gasteiger partial charge in [0.15, 0.2) is 0 Å². The number of aryl methyl sites for hydroxylation is 1. The van der Waals surface area contributed by atoms with Crippen molar-refractivity contribution >= 4 is 24.2 Å². The van der Waals surface area contributed by atoms with Crippen molar-refractivity contribution in [2.75, 3.05) is 17.7 Å². The fraction of sp³-hybridized carbons (Fsp3) is 0.533. The molecule has 3 nitrogen and oxygen atoms in total. The van der Waals surface area contributed by atoms with E-state index in [1.54, 1.807) is 0 Å². The van der Waals surface area contributed by atoms with Gasteiger partial charge in [-0.3, -0.25) is 4.79 Å². The van der Waals surface area contributed by atoms with Crippen molar-refractivity contribution < 1.29 is 9.53 Å². The molecule has 1 amide bonds. The minimum Gasteiger partial charge on any atom is -0.494 e. The van der Waals surface area contributed by atoms with E-state index in [2.05, 4.69) is 17.9 Å². The van der Waals surface area contributed by atoms with Crippen LogP contribution in [0.4, 0.5) is 5.69 Å². The Hall–Kier alpha value is -1.16. The molecular formula is C15H21NO2S. The van der Waals surface area contributed by atoms with E-state index in [0.29, 0.717) is 6.42 Å². The molecule has 1 heterocycles. The molecular weight excluding hydrogens is 258 g/mol. The highest BCUT2D eigenvalue weighted by Crippen LogP contribution is 2.26. The summed E-state index contributed by atoms with van der Waals surface area (Å²) in [5.74, 6) is 1.98. The van der Waals surface area contributed by atoms with Crippen LogP contribution < -0.4 is 10.1 Å². The van der Waals surface area contributed by atoms with E-state index in [9.17, 15) is 4.79 Å². The van der Waals surface area contributed by atoms with Crippen LogP contribution in [-0.4, -0.2) is 18.3 Å². The van der Waals surface area contributed by atoms with E-state index >= 15 is 0 Å². The Bertz CT molecular complexity index is 434. The number of ether oxygens (including phenoxy) is 1. The number of unbranched alkanes of at least 4 members (excludes halogenated alkanes) is 3. The van der Waals surface area contributed by atoms with Gasteiger partial charge in [0.25, 0.3) is 0 Å². The van der Waals surface area contributed by atoms with Crippen molar-refractivity contribution in [1.29, 1.82) is 0 Å². The van der Waals surface area contributed by atoms with Crippen molar-refractivity contribution in [3.8, 4) is 5.75 Å². The SMILES string of the molecule is O=C1CCc2cc(OCCCCCCS)ccc2N1. The van der Waals surface area contributed by atoms with Crippen molar-refractivity contribution in [3.63, 3.8) is 0 Å². The maximum Gasteiger partial charge on any atom is 0.224 e. The highest BCUT2D eigenvalue weighted by molar-refractivity contribution is 7.80. The van der Waals surface area contributed by atoms with E-state index in [0.717, 1.165) is 36.6 Å². The Labute approximate surface area is 120 Å². The van der Waals surface area contributed by atoms with Gasteiger partial charge >= 0.3 is 0 Å². The molecule has 0 atom stereocenters. The zero-order chi connectivity index (χ0) is 13.5. The number of rotatable bonds is 7. The predicted octanol–water partition coefficient (Wildman–Crippen LogP) is 3.44. The van der Waals surface area contributed by atoms with Gasteiger partial charge in [-0.05, 0) is 48.8 Å². The molecule has 0 bridgehead atoms. The number of hydrogen-bond acceptors (Lipinski definition) is 3. The Morgan fingerprint density at radius 3 is 2.84 bits per heavy atom. The summed E-state index contributed by atoms with van der Waals surface area (Å²) < 4.78 is 5.75. The van der Waals surface area contributed by atoms with Crippen LogP contribution >= 0.6 is 12.6 Å². The summed E-state index contributed by atoms with van der Waals surface area (Å²) in [7, 11) is 0. The molecule has 104 valence electrons. The number of amides is 1. The van der Waals surface area contributed by atoms with Gasteiger partial charge < -0.3 is 10.1 Å². The lowest BCUT2D eigenvalue weighted by atomic mass is 10.0. The zero-order valence-electron chi connectivity index (χ0n) is 11.2. The maximum atomic E-state index is 11.3. The number of benzene rings is 1. The first-order valence-corrected chi connectivity index (χ1v) is 7.59. The Balaban J connectivity index is 1.77. The number of fused-ring (bicyclic) bond motifs is 1. The minimum atomic E-state index is 0.102. The number of thiol groups is 1. The molecule has 2 rings (SSSR count). The van der Waals surface area contributed by atoms with Crippen LogP contribution in [0.2, 0.25) is 0 Å². The van der Waals surface area contributed by atoms with Gasteiger partial charge in [0.2, 0.25) is 5.91 Å². The highest BCUT2D eigenvalue weighted by Gasteiger charge is 2.14. The van der Waals surface area contributed by atoms with Crippen LogP contribution in [0.25, 0.3) is 0 Å². The van der Waals surface area contributed by atoms with E-state index < -0.39 is 0 Å². The summed E-state index contributed by atoms with van der Waals surface area (Å²) in [6.07, 6.45) is 6.06. The van der Waals surface area contributed by atoms with Gasteiger partial charge in [-0.1, -0.05) is 12.8 Å². The quantitative estimate of drug-likeness (QED) is 0.593. The summed E-state index contributed by atoms with van der Waals surface area (Å²) in [4.78, 5) is 11.3. The van der Waals surface area contributed by atoms with Crippen molar-refractivity contribution in [1.82, 2.24) is 0 Å². The predicted molar refractivity (Wildman–Crippen MR) is 81.2 cm³/mol. The first-order valence-electron chi connectivity index (χ1n) is 6.96. The average molecular weight is 279 g/mol. The van der Waals surface area contributed by atoms with Crippen molar-refractivity contribution in [2.24, 2.45) is 0 Å². The number of carbonyl (C=O) groups is 1. The molecule has 0 saturated carbocycles. The normalized spacial score (nSPS) is 13.8. The van der Waals surface area contributed by atoms with E-state index in [1.165, 1.54) is 24.8 Å². The van der Waals surface area contributed by atoms with Gasteiger partial charge in [-0.2, -0.15) is 12.6 Å². The molecule has 0 aliphatic carbocycles. The van der Waals surface area contributed by atoms with E-state index in [1.807, 2.05) is 18.2 Å². The Morgan fingerprint density at radius 1 is 1.16 bits per heavy atom. The summed E-state index contributed by atoms with van der Waals surface area (Å²) >= 11 is 4.19. The smallest absolute Gasteiger partial charge is 0.224 e. The van der Waals surface area contributed by atoms with E-state index in [4.69, 9.17) is 4.74 Å². The second-order valence-electron chi connectivity index (χ2n) is 4.85. The second-order valence-corrected chi connectivity index (χ2v) is 5.30. The molecule has 1 aliphatic heterocycles. The van der Waals surface area contributed by atoms with Crippen LogP contribution in [-0.2, 0) is 11.2 Å². The average Bonchev–Trinajstić information content (AvgIpc) is 2.43. The van der Waals surface area contributed by atoms with Gasteiger partial charge in [0, 0.05) is 12.1 Å². The molecule has 0 unspecified atom stereocenters. The highest BCUT2D eigenvalue weighted by atomic mass is 32.1. The number of hydrogen-bond donors (Lipinski definition) is 2. The summed E-state index contributed by atoms with van der Waals surface area (Å²) in [6.45, 7) is 0.762. The third-order valence-corrected chi connectivity index (χ3v) is 3.61. The zero-order valence-corrected chi connectivity index (χ0v) is 12.0. The lowest BCUT2D eigenvalue weighted by molar-refractivity contribution is -0.116. The Morgan fingerprint density at radius 2 is 2.00 bits per heavy atom. The van der Waals surface area contributed by atoms with Gasteiger partial charge in [-0.25, -0.2) is 0 Å². The van der Waals surface area contributed by atoms with Crippen molar-refractivity contribution in [3.05, 3.63) is 23.8 Å². The molecule has 0 fully saturated rings. The van der Waals surface area contributed by atoms with Crippen molar-refractivity contribution in [2.45, 2.75) is 38.5 Å². The molecule has 1 aromatic rings. The van der Waals surface area contributed by atoms with Gasteiger partial charge in [0.05, 0.1) is 6.61 Å². The van der Waals surface area contributed by atoms with Gasteiger partial charge in [0.1, 0.15) is 5.75 Å². The third kappa shape index (κ3) is 4.46. The topological polar surface area (TPSA) is 38.3 Å². The third-order valence-electron chi connectivity index (χ3n) is 3.29. The fourth-order valence-electron chi connectivity index (χ4n) is 2.21. The molecule has 1 aliphatic rings. The van der Waals surface area contributed by atoms with Gasteiger partial charge in [-0.15, -0.1) is 0 Å². The van der Waals surface area contributed by atoms with Crippen LogP contribution in [0.15, 0.2) is 18.2 Å². The molecule has 0 saturated heterocycles. The number of nitrogens with one attached hydrogen (secondary N) is 1. The summed E-state index contributed by atoms with van der Waals surface area (Å²) in [5.41, 5.74) is 2.10. The van der Waals surface area contributed by atoms with Crippen LogP contribution in [0.1, 0.15) is 37.7 Å². The summed E-state index contributed by atoms with van der Waals surface area (Å²) in [6, 6.07) is 5.91. The minimum absolute atomic E-state index is 0.102. The molecule has 0 aromatic heterocycles. The fourth-order valence-corrected chi connectivity index (χ4v) is 2.43. The Kier molecular flexibility index (Phi) is 5.58. The first-order chi connectivity index (χ1) is 9.29. The van der Waals surface area contributed by atoms with E-state index in [-0.39, 0.29) is 5.91 Å². The first kappa shape index (κ1) is 14.3. The maximum absolute atomic E-state index is 11.3. The lowest BCUT2D eigenvalue weighted by Gasteiger charge is -2.17. The van der Waals surface area contributed by atoms with Crippen LogP contribution in [0.3, 0.4) is 0 Å². The molecule has 0 spiro atoms. The molecule has 19 heavy (non-hydrogen) atoms.